The summed E-state index contributed by atoms with van der Waals surface area (Å²) in [6, 6.07) is 49.4. The van der Waals surface area contributed by atoms with Crippen LogP contribution in [0, 0.1) is 10.4 Å². The predicted molar refractivity (Wildman–Crippen MR) is 181 cm³/mol. The fourth-order valence-corrected chi connectivity index (χ4v) is 7.63. The van der Waals surface area contributed by atoms with Crippen LogP contribution in [0.15, 0.2) is 133 Å². The van der Waals surface area contributed by atoms with Crippen LogP contribution in [0.4, 0.5) is 0 Å². The Labute approximate surface area is 251 Å². The molecule has 0 heteroatoms. The molecule has 2 aliphatic carbocycles. The normalized spacial score (nSPS) is 13.9. The van der Waals surface area contributed by atoms with Crippen LogP contribution in [-0.4, -0.2) is 0 Å². The van der Waals surface area contributed by atoms with Crippen LogP contribution in [-0.2, 0) is 5.41 Å². The minimum atomic E-state index is -0.137. The molecule has 9 rings (SSSR count). The third kappa shape index (κ3) is 3.57. The van der Waals surface area contributed by atoms with Crippen LogP contribution in [0.3, 0.4) is 0 Å². The average Bonchev–Trinajstić information content (AvgIpc) is 3.42. The van der Waals surface area contributed by atoms with E-state index < -0.39 is 0 Å². The summed E-state index contributed by atoms with van der Waals surface area (Å²) in [5, 5.41) is 10.4. The molecule has 0 saturated heterocycles. The lowest BCUT2D eigenvalue weighted by molar-refractivity contribution is 0.629. The third-order valence-electron chi connectivity index (χ3n) is 9.78. The molecule has 0 N–H and O–H groups in total. The van der Waals surface area contributed by atoms with E-state index in [2.05, 4.69) is 159 Å². The SMILES string of the molecule is CC1(C)c2ccccc2C=c2c1cc1c(c2-c2ccc3ccccc3c2)C=c2cccc(-c3ccc4ccccc4c3)c2=1. The molecule has 0 aromatic heterocycles. The Morgan fingerprint density at radius 1 is 0.488 bits per heavy atom. The number of rotatable bonds is 2. The van der Waals surface area contributed by atoms with Crippen LogP contribution in [0.5, 0.6) is 0 Å². The van der Waals surface area contributed by atoms with E-state index in [-0.39, 0.29) is 5.41 Å². The molecular weight excluding hydrogens is 516 g/mol. The van der Waals surface area contributed by atoms with Gasteiger partial charge in [0.05, 0.1) is 0 Å². The lowest BCUT2D eigenvalue weighted by Gasteiger charge is -2.33. The van der Waals surface area contributed by atoms with Gasteiger partial charge < -0.3 is 0 Å². The summed E-state index contributed by atoms with van der Waals surface area (Å²) in [4.78, 5) is 0. The quantitative estimate of drug-likeness (QED) is 0.203. The van der Waals surface area contributed by atoms with E-state index in [4.69, 9.17) is 0 Å². The van der Waals surface area contributed by atoms with Crippen LogP contribution in [0.25, 0.3) is 56.0 Å². The first-order valence-corrected chi connectivity index (χ1v) is 15.2. The Morgan fingerprint density at radius 2 is 1.14 bits per heavy atom. The van der Waals surface area contributed by atoms with Gasteiger partial charge in [-0.05, 0) is 117 Å². The average molecular weight is 547 g/mol. The molecule has 0 aliphatic heterocycles. The Morgan fingerprint density at radius 3 is 1.91 bits per heavy atom. The second-order valence-corrected chi connectivity index (χ2v) is 12.6. The lowest BCUT2D eigenvalue weighted by atomic mass is 9.70. The molecule has 0 saturated carbocycles. The number of hydrogen-bond donors (Lipinski definition) is 0. The van der Waals surface area contributed by atoms with Crippen molar-refractivity contribution in [3.05, 3.63) is 177 Å². The van der Waals surface area contributed by atoms with Gasteiger partial charge in [-0.2, -0.15) is 0 Å². The molecule has 43 heavy (non-hydrogen) atoms. The second kappa shape index (κ2) is 8.90. The minimum Gasteiger partial charge on any atom is -0.0619 e. The number of hydrogen-bond acceptors (Lipinski definition) is 0. The molecule has 7 aromatic carbocycles. The van der Waals surface area contributed by atoms with Gasteiger partial charge in [-0.25, -0.2) is 0 Å². The summed E-state index contributed by atoms with van der Waals surface area (Å²) in [6.07, 6.45) is 4.86. The van der Waals surface area contributed by atoms with Gasteiger partial charge in [-0.3, -0.25) is 0 Å². The van der Waals surface area contributed by atoms with Gasteiger partial charge in [0.1, 0.15) is 0 Å². The summed E-state index contributed by atoms with van der Waals surface area (Å²) in [7, 11) is 0. The van der Waals surface area contributed by atoms with Crippen molar-refractivity contribution in [1.82, 2.24) is 0 Å². The fraction of sp³-hybridized carbons (Fsp3) is 0.0698. The van der Waals surface area contributed by atoms with Crippen LogP contribution in [0.1, 0.15) is 36.1 Å². The molecule has 0 atom stereocenters. The summed E-state index contributed by atoms with van der Waals surface area (Å²) < 4.78 is 0. The van der Waals surface area contributed by atoms with E-state index in [0.717, 1.165) is 0 Å². The zero-order valence-electron chi connectivity index (χ0n) is 24.4. The molecule has 7 aromatic rings. The maximum Gasteiger partial charge on any atom is 0.0158 e. The van der Waals surface area contributed by atoms with Crippen LogP contribution >= 0.6 is 0 Å². The summed E-state index contributed by atoms with van der Waals surface area (Å²) >= 11 is 0. The Hall–Kier alpha value is -5.20. The zero-order valence-corrected chi connectivity index (χ0v) is 24.4. The lowest BCUT2D eigenvalue weighted by Crippen LogP contribution is -2.33. The van der Waals surface area contributed by atoms with Gasteiger partial charge in [0.15, 0.2) is 0 Å². The minimum absolute atomic E-state index is 0.137. The van der Waals surface area contributed by atoms with Gasteiger partial charge in [0, 0.05) is 5.41 Å². The molecular formula is C43H30. The van der Waals surface area contributed by atoms with Crippen LogP contribution < -0.4 is 10.4 Å². The zero-order chi connectivity index (χ0) is 28.7. The molecule has 202 valence electrons. The van der Waals surface area contributed by atoms with Gasteiger partial charge in [0.25, 0.3) is 0 Å². The number of benzene rings is 7. The predicted octanol–water partition coefficient (Wildman–Crippen LogP) is 9.22. The first-order valence-electron chi connectivity index (χ1n) is 15.2. The van der Waals surface area contributed by atoms with Crippen molar-refractivity contribution in [3.63, 3.8) is 0 Å². The number of fused-ring (bicyclic) bond motifs is 6. The van der Waals surface area contributed by atoms with Gasteiger partial charge in [-0.1, -0.05) is 129 Å². The summed E-state index contributed by atoms with van der Waals surface area (Å²) in [5.41, 5.74) is 10.4. The van der Waals surface area contributed by atoms with Gasteiger partial charge in [-0.15, -0.1) is 0 Å². The highest BCUT2D eigenvalue weighted by Crippen LogP contribution is 2.39. The van der Waals surface area contributed by atoms with Crippen molar-refractivity contribution >= 4 is 33.7 Å². The Balaban J connectivity index is 1.45. The topological polar surface area (TPSA) is 0 Å². The molecule has 0 heterocycles. The van der Waals surface area contributed by atoms with Crippen molar-refractivity contribution in [2.24, 2.45) is 0 Å². The van der Waals surface area contributed by atoms with E-state index in [1.807, 2.05) is 0 Å². The Bertz CT molecular complexity index is 2530. The summed E-state index contributed by atoms with van der Waals surface area (Å²) in [5.74, 6) is 0. The van der Waals surface area contributed by atoms with Gasteiger partial charge in [0.2, 0.25) is 0 Å². The van der Waals surface area contributed by atoms with E-state index >= 15 is 0 Å². The molecule has 0 radical (unpaired) electrons. The highest BCUT2D eigenvalue weighted by atomic mass is 14.3. The molecule has 0 unspecified atom stereocenters. The summed E-state index contributed by atoms with van der Waals surface area (Å²) in [6.45, 7) is 4.78. The van der Waals surface area contributed by atoms with Crippen LogP contribution in [0.2, 0.25) is 0 Å². The smallest absolute Gasteiger partial charge is 0.0158 e. The first-order chi connectivity index (χ1) is 21.1. The maximum atomic E-state index is 2.51. The molecule has 0 spiro atoms. The standard InChI is InChI=1S/C43H30/c1-43(2)39-17-8-7-14-32(39)24-38-40(43)26-37-36(42(38)34-21-19-28-11-4-6-13-30(28)23-34)25-33-15-9-16-35(41(33)37)31-20-18-27-10-3-5-12-29(27)22-31/h3-26H,1-2H3. The van der Waals surface area contributed by atoms with E-state index in [0.29, 0.717) is 0 Å². The highest BCUT2D eigenvalue weighted by Gasteiger charge is 2.32. The van der Waals surface area contributed by atoms with E-state index in [1.54, 1.807) is 0 Å². The second-order valence-electron chi connectivity index (χ2n) is 12.6. The van der Waals surface area contributed by atoms with E-state index in [1.165, 1.54) is 86.9 Å². The Kier molecular flexibility index (Phi) is 5.05. The fourth-order valence-electron chi connectivity index (χ4n) is 7.63. The van der Waals surface area contributed by atoms with Crippen molar-refractivity contribution in [1.29, 1.82) is 0 Å². The van der Waals surface area contributed by atoms with Crippen molar-refractivity contribution in [3.8, 4) is 22.3 Å². The van der Waals surface area contributed by atoms with E-state index in [9.17, 15) is 0 Å². The monoisotopic (exact) mass is 546 g/mol. The maximum absolute atomic E-state index is 2.51. The van der Waals surface area contributed by atoms with Crippen molar-refractivity contribution in [2.45, 2.75) is 19.3 Å². The van der Waals surface area contributed by atoms with Crippen molar-refractivity contribution < 1.29 is 0 Å². The highest BCUT2D eigenvalue weighted by molar-refractivity contribution is 5.92. The van der Waals surface area contributed by atoms with Gasteiger partial charge >= 0.3 is 0 Å². The van der Waals surface area contributed by atoms with Crippen molar-refractivity contribution in [2.75, 3.05) is 0 Å². The molecule has 0 fully saturated rings. The largest absolute Gasteiger partial charge is 0.0619 e. The third-order valence-corrected chi connectivity index (χ3v) is 9.78. The molecule has 0 bridgehead atoms. The first kappa shape index (κ1) is 24.4. The molecule has 0 amide bonds. The molecule has 0 nitrogen and oxygen atoms in total. The molecule has 2 aliphatic rings.